The Morgan fingerprint density at radius 2 is 2.08 bits per heavy atom. The number of hydrogen-bond acceptors (Lipinski definition) is 9. The molecule has 1 atom stereocenters. The molecule has 0 spiro atoms. The second-order valence-electron chi connectivity index (χ2n) is 8.32. The molecular formula is C22H24F3N5O5S. The number of nitrogens with one attached hydrogen (secondary N) is 1. The number of carbonyl (C=O) groups is 1. The number of aliphatic hydroxyl groups excluding tert-OH is 1. The van der Waals surface area contributed by atoms with Crippen molar-refractivity contribution < 1.29 is 32.9 Å². The molecule has 3 N–H and O–H groups in total. The van der Waals surface area contributed by atoms with Crippen LogP contribution in [0.1, 0.15) is 28.5 Å². The van der Waals surface area contributed by atoms with Crippen molar-refractivity contribution in [3.8, 4) is 5.13 Å². The standard InChI is InChI=1S/C22H24F3N5O5S/c1-3-35-5-4-26-19(32)12-7-29(8-12)15-6-11(2)16-17(31)13(20(33)34)9-30(18(16)28-15)21-27-14(10-36-21)22(23,24)25/h6,9-10,12,19,26,32H,3-5,7-8H2,1-2H3,(H,33,34). The third-order valence-electron chi connectivity index (χ3n) is 5.85. The van der Waals surface area contributed by atoms with Crippen LogP contribution >= 0.6 is 11.3 Å². The van der Waals surface area contributed by atoms with Gasteiger partial charge in [-0.25, -0.2) is 14.8 Å². The van der Waals surface area contributed by atoms with Gasteiger partial charge >= 0.3 is 12.1 Å². The average Bonchev–Trinajstić information content (AvgIpc) is 3.26. The fourth-order valence-electron chi connectivity index (χ4n) is 3.93. The van der Waals surface area contributed by atoms with Crippen LogP contribution in [0.3, 0.4) is 0 Å². The van der Waals surface area contributed by atoms with Crippen molar-refractivity contribution >= 4 is 34.2 Å². The van der Waals surface area contributed by atoms with Gasteiger partial charge in [-0.2, -0.15) is 13.2 Å². The van der Waals surface area contributed by atoms with E-state index in [0.29, 0.717) is 55.6 Å². The number of ether oxygens (including phenoxy) is 1. The van der Waals surface area contributed by atoms with Crippen LogP contribution in [0.25, 0.3) is 16.2 Å². The molecular weight excluding hydrogens is 503 g/mol. The molecule has 1 unspecified atom stereocenters. The predicted molar refractivity (Wildman–Crippen MR) is 126 cm³/mol. The summed E-state index contributed by atoms with van der Waals surface area (Å²) in [6.45, 7) is 5.93. The van der Waals surface area contributed by atoms with Gasteiger partial charge < -0.3 is 19.8 Å². The summed E-state index contributed by atoms with van der Waals surface area (Å²) in [6.07, 6.45) is -4.49. The Bertz CT molecular complexity index is 1340. The van der Waals surface area contributed by atoms with Crippen LogP contribution in [0.15, 0.2) is 22.4 Å². The van der Waals surface area contributed by atoms with E-state index in [0.717, 1.165) is 16.1 Å². The maximum absolute atomic E-state index is 13.1. The van der Waals surface area contributed by atoms with Gasteiger partial charge in [0.05, 0.1) is 12.0 Å². The molecule has 0 aliphatic carbocycles. The van der Waals surface area contributed by atoms with Gasteiger partial charge in [0.1, 0.15) is 17.6 Å². The SMILES string of the molecule is CCOCCNC(O)C1CN(c2cc(C)c3c(=O)c(C(=O)O)cn(-c4nc(C(F)(F)F)cs4)c3n2)C1. The summed E-state index contributed by atoms with van der Waals surface area (Å²) in [5.74, 6) is -1.15. The summed E-state index contributed by atoms with van der Waals surface area (Å²) < 4.78 is 45.8. The number of aromatic carboxylic acids is 1. The lowest BCUT2D eigenvalue weighted by Gasteiger charge is -2.42. The number of carboxylic acids is 1. The van der Waals surface area contributed by atoms with Crippen molar-refractivity contribution in [2.24, 2.45) is 5.92 Å². The van der Waals surface area contributed by atoms with Crippen LogP contribution in [0.2, 0.25) is 0 Å². The van der Waals surface area contributed by atoms with Crippen molar-refractivity contribution in [3.63, 3.8) is 0 Å². The largest absolute Gasteiger partial charge is 0.477 e. The van der Waals surface area contributed by atoms with Gasteiger partial charge in [-0.1, -0.05) is 0 Å². The summed E-state index contributed by atoms with van der Waals surface area (Å²) >= 11 is 0.657. The maximum atomic E-state index is 13.1. The molecule has 1 aliphatic heterocycles. The first-order chi connectivity index (χ1) is 17.0. The molecule has 0 saturated carbocycles. The quantitative estimate of drug-likeness (QED) is 0.283. The van der Waals surface area contributed by atoms with Gasteiger partial charge in [0, 0.05) is 43.7 Å². The van der Waals surface area contributed by atoms with Gasteiger partial charge in [-0.15, -0.1) is 11.3 Å². The number of aryl methyl sites for hydroxylation is 1. The highest BCUT2D eigenvalue weighted by molar-refractivity contribution is 7.12. The zero-order valence-corrected chi connectivity index (χ0v) is 20.2. The zero-order valence-electron chi connectivity index (χ0n) is 19.4. The van der Waals surface area contributed by atoms with Gasteiger partial charge in [-0.3, -0.25) is 14.7 Å². The summed E-state index contributed by atoms with van der Waals surface area (Å²) in [6, 6.07) is 1.62. The number of halogens is 3. The van der Waals surface area contributed by atoms with Gasteiger partial charge in [0.15, 0.2) is 16.5 Å². The van der Waals surface area contributed by atoms with Crippen molar-refractivity contribution in [2.45, 2.75) is 26.3 Å². The first kappa shape index (κ1) is 26.0. The number of pyridine rings is 2. The molecule has 0 aromatic carbocycles. The van der Waals surface area contributed by atoms with Crippen LogP contribution in [0, 0.1) is 12.8 Å². The molecule has 0 bridgehead atoms. The fraction of sp³-hybridized carbons (Fsp3) is 0.455. The minimum atomic E-state index is -4.68. The molecule has 0 amide bonds. The van der Waals surface area contributed by atoms with Crippen LogP contribution in [0.5, 0.6) is 0 Å². The second-order valence-corrected chi connectivity index (χ2v) is 9.15. The normalized spacial score (nSPS) is 15.3. The minimum absolute atomic E-state index is 0.00177. The number of fused-ring (bicyclic) bond motifs is 1. The number of anilines is 1. The molecule has 1 fully saturated rings. The Morgan fingerprint density at radius 1 is 1.36 bits per heavy atom. The molecule has 4 rings (SSSR count). The molecule has 194 valence electrons. The summed E-state index contributed by atoms with van der Waals surface area (Å²) in [7, 11) is 0. The first-order valence-electron chi connectivity index (χ1n) is 11.1. The average molecular weight is 528 g/mol. The van der Waals surface area contributed by atoms with E-state index in [2.05, 4.69) is 15.3 Å². The zero-order chi connectivity index (χ0) is 26.2. The molecule has 1 saturated heterocycles. The van der Waals surface area contributed by atoms with E-state index >= 15 is 0 Å². The number of nitrogens with zero attached hydrogens (tertiary/aromatic N) is 4. The number of hydrogen-bond donors (Lipinski definition) is 3. The first-order valence-corrected chi connectivity index (χ1v) is 12.0. The lowest BCUT2D eigenvalue weighted by Crippen LogP contribution is -2.56. The van der Waals surface area contributed by atoms with E-state index in [-0.39, 0.29) is 22.1 Å². The van der Waals surface area contributed by atoms with E-state index in [1.54, 1.807) is 13.0 Å². The van der Waals surface area contributed by atoms with Gasteiger partial charge in [0.25, 0.3) is 0 Å². The second kappa shape index (κ2) is 10.1. The van der Waals surface area contributed by atoms with E-state index in [1.165, 1.54) is 0 Å². The Hall–Kier alpha value is -3.07. The third kappa shape index (κ3) is 5.07. The monoisotopic (exact) mass is 527 g/mol. The molecule has 1 aliphatic rings. The van der Waals surface area contributed by atoms with E-state index in [9.17, 15) is 33.0 Å². The molecule has 4 heterocycles. The van der Waals surface area contributed by atoms with Crippen molar-refractivity contribution in [3.05, 3.63) is 44.7 Å². The number of thiazole rings is 1. The summed E-state index contributed by atoms with van der Waals surface area (Å²) in [5, 5.41) is 23.4. The molecule has 14 heteroatoms. The Balaban J connectivity index is 1.69. The topological polar surface area (TPSA) is 130 Å². The minimum Gasteiger partial charge on any atom is -0.477 e. The third-order valence-corrected chi connectivity index (χ3v) is 6.69. The summed E-state index contributed by atoms with van der Waals surface area (Å²) in [5.41, 5.74) is -2.09. The smallest absolute Gasteiger partial charge is 0.434 e. The molecule has 3 aromatic heterocycles. The molecule has 36 heavy (non-hydrogen) atoms. The highest BCUT2D eigenvalue weighted by Gasteiger charge is 2.35. The van der Waals surface area contributed by atoms with Crippen LogP contribution in [-0.4, -0.2) is 69.8 Å². The van der Waals surface area contributed by atoms with Crippen molar-refractivity contribution in [1.29, 1.82) is 0 Å². The van der Waals surface area contributed by atoms with E-state index in [1.807, 2.05) is 11.8 Å². The van der Waals surface area contributed by atoms with Crippen molar-refractivity contribution in [2.75, 3.05) is 37.7 Å². The van der Waals surface area contributed by atoms with Gasteiger partial charge in [0.2, 0.25) is 5.43 Å². The Labute approximate surface area is 207 Å². The number of aromatic nitrogens is 3. The Kier molecular flexibility index (Phi) is 7.31. The lowest BCUT2D eigenvalue weighted by atomic mass is 9.97. The summed E-state index contributed by atoms with van der Waals surface area (Å²) in [4.78, 5) is 34.6. The van der Waals surface area contributed by atoms with Crippen LogP contribution in [0.4, 0.5) is 19.0 Å². The highest BCUT2D eigenvalue weighted by atomic mass is 32.1. The van der Waals surface area contributed by atoms with E-state index < -0.39 is 35.1 Å². The van der Waals surface area contributed by atoms with Crippen LogP contribution in [-0.2, 0) is 10.9 Å². The highest BCUT2D eigenvalue weighted by Crippen LogP contribution is 2.33. The fourth-order valence-corrected chi connectivity index (χ4v) is 4.74. The van der Waals surface area contributed by atoms with Crippen molar-refractivity contribution in [1.82, 2.24) is 19.9 Å². The molecule has 10 nitrogen and oxygen atoms in total. The van der Waals surface area contributed by atoms with Crippen LogP contribution < -0.4 is 15.6 Å². The number of rotatable bonds is 9. The number of aliphatic hydroxyl groups is 1. The van der Waals surface area contributed by atoms with Gasteiger partial charge in [-0.05, 0) is 25.5 Å². The number of carboxylic acid groups (broad SMARTS) is 1. The van der Waals surface area contributed by atoms with E-state index in [4.69, 9.17) is 4.74 Å². The number of alkyl halides is 3. The maximum Gasteiger partial charge on any atom is 0.434 e. The Morgan fingerprint density at radius 3 is 2.69 bits per heavy atom. The predicted octanol–water partition coefficient (Wildman–Crippen LogP) is 2.25. The molecule has 0 radical (unpaired) electrons. The lowest BCUT2D eigenvalue weighted by molar-refractivity contribution is -0.140. The molecule has 3 aromatic rings.